The number of aliphatic imine (C=N–C) groups is 1. The first kappa shape index (κ1) is 20.2. The molecule has 4 rings (SSSR count). The zero-order valence-electron chi connectivity index (χ0n) is 16.8. The standard InChI is InChI=1S/C24H20BrNO4/c1-14(2)29-22-19(25)11-15(13-21(22)28-3)12-20-24(27)30-23(26-20)18-10-6-8-16-7-4-5-9-17(16)18/h4-14H,1-3H3/b20-12+. The number of ether oxygens (including phenoxy) is 3. The summed E-state index contributed by atoms with van der Waals surface area (Å²) in [5.74, 6) is 0.988. The van der Waals surface area contributed by atoms with Crippen LogP contribution in [0.25, 0.3) is 16.8 Å². The highest BCUT2D eigenvalue weighted by Gasteiger charge is 2.25. The second kappa shape index (κ2) is 8.32. The van der Waals surface area contributed by atoms with Gasteiger partial charge in [-0.3, -0.25) is 0 Å². The van der Waals surface area contributed by atoms with E-state index < -0.39 is 5.97 Å². The average Bonchev–Trinajstić information content (AvgIpc) is 3.09. The van der Waals surface area contributed by atoms with Crippen LogP contribution in [0, 0.1) is 0 Å². The molecule has 0 saturated carbocycles. The number of esters is 1. The van der Waals surface area contributed by atoms with Gasteiger partial charge < -0.3 is 14.2 Å². The van der Waals surface area contributed by atoms with Crippen LogP contribution in [0.3, 0.4) is 0 Å². The van der Waals surface area contributed by atoms with Gasteiger partial charge in [0.15, 0.2) is 17.2 Å². The van der Waals surface area contributed by atoms with Crippen molar-refractivity contribution in [3.8, 4) is 11.5 Å². The fraction of sp³-hybridized carbons (Fsp3) is 0.167. The molecule has 5 nitrogen and oxygen atoms in total. The van der Waals surface area contributed by atoms with Crippen molar-refractivity contribution in [3.05, 3.63) is 75.9 Å². The highest BCUT2D eigenvalue weighted by molar-refractivity contribution is 9.10. The topological polar surface area (TPSA) is 57.1 Å². The van der Waals surface area contributed by atoms with Gasteiger partial charge in [0, 0.05) is 5.56 Å². The number of cyclic esters (lactones) is 1. The fourth-order valence-corrected chi connectivity index (χ4v) is 3.82. The van der Waals surface area contributed by atoms with Crippen LogP contribution >= 0.6 is 15.9 Å². The van der Waals surface area contributed by atoms with Crippen molar-refractivity contribution in [2.75, 3.05) is 7.11 Å². The predicted octanol–water partition coefficient (Wildman–Crippen LogP) is 5.74. The lowest BCUT2D eigenvalue weighted by atomic mass is 10.0. The Labute approximate surface area is 183 Å². The third kappa shape index (κ3) is 3.96. The quantitative estimate of drug-likeness (QED) is 0.355. The van der Waals surface area contributed by atoms with Gasteiger partial charge >= 0.3 is 5.97 Å². The molecule has 0 aliphatic carbocycles. The first-order valence-electron chi connectivity index (χ1n) is 9.51. The molecule has 0 spiro atoms. The molecule has 0 bridgehead atoms. The van der Waals surface area contributed by atoms with E-state index in [1.165, 1.54) is 0 Å². The van der Waals surface area contributed by atoms with E-state index in [0.29, 0.717) is 17.4 Å². The van der Waals surface area contributed by atoms with Gasteiger partial charge in [0.1, 0.15) is 0 Å². The summed E-state index contributed by atoms with van der Waals surface area (Å²) in [4.78, 5) is 16.9. The number of fused-ring (bicyclic) bond motifs is 1. The fourth-order valence-electron chi connectivity index (χ4n) is 3.27. The van der Waals surface area contributed by atoms with Gasteiger partial charge in [0.25, 0.3) is 0 Å². The minimum Gasteiger partial charge on any atom is -0.493 e. The van der Waals surface area contributed by atoms with Gasteiger partial charge in [0.05, 0.1) is 17.7 Å². The van der Waals surface area contributed by atoms with Crippen molar-refractivity contribution in [1.82, 2.24) is 0 Å². The Kier molecular flexibility index (Phi) is 5.59. The van der Waals surface area contributed by atoms with Gasteiger partial charge in [-0.05, 0) is 70.4 Å². The molecule has 152 valence electrons. The molecular weight excluding hydrogens is 446 g/mol. The number of hydrogen-bond acceptors (Lipinski definition) is 5. The smallest absolute Gasteiger partial charge is 0.363 e. The van der Waals surface area contributed by atoms with Crippen LogP contribution in [0.4, 0.5) is 0 Å². The summed E-state index contributed by atoms with van der Waals surface area (Å²) in [6, 6.07) is 17.4. The van der Waals surface area contributed by atoms with Crippen LogP contribution in [0.2, 0.25) is 0 Å². The molecule has 6 heteroatoms. The van der Waals surface area contributed by atoms with E-state index >= 15 is 0 Å². The largest absolute Gasteiger partial charge is 0.493 e. The summed E-state index contributed by atoms with van der Waals surface area (Å²) >= 11 is 3.52. The molecular formula is C24H20BrNO4. The first-order valence-corrected chi connectivity index (χ1v) is 10.3. The van der Waals surface area contributed by atoms with Crippen LogP contribution in [-0.2, 0) is 9.53 Å². The number of nitrogens with zero attached hydrogens (tertiary/aromatic N) is 1. The molecule has 1 aliphatic heterocycles. The summed E-state index contributed by atoms with van der Waals surface area (Å²) in [7, 11) is 1.58. The van der Waals surface area contributed by atoms with E-state index in [-0.39, 0.29) is 11.8 Å². The number of halogens is 1. The summed E-state index contributed by atoms with van der Waals surface area (Å²) in [5, 5.41) is 2.04. The van der Waals surface area contributed by atoms with Crippen LogP contribution in [-0.4, -0.2) is 25.1 Å². The Hall–Kier alpha value is -3.12. The zero-order chi connectivity index (χ0) is 21.3. The minimum atomic E-state index is -0.490. The van der Waals surface area contributed by atoms with E-state index in [1.54, 1.807) is 19.3 Å². The van der Waals surface area contributed by atoms with Gasteiger partial charge in [-0.2, -0.15) is 0 Å². The third-order valence-corrected chi connectivity index (χ3v) is 5.14. The maximum absolute atomic E-state index is 12.5. The SMILES string of the molecule is COc1cc(/C=C2/N=C(c3cccc4ccccc34)OC2=O)cc(Br)c1OC(C)C. The third-order valence-electron chi connectivity index (χ3n) is 4.55. The molecule has 30 heavy (non-hydrogen) atoms. The lowest BCUT2D eigenvalue weighted by Gasteiger charge is -2.15. The van der Waals surface area contributed by atoms with Crippen molar-refractivity contribution >= 4 is 44.6 Å². The molecule has 1 heterocycles. The van der Waals surface area contributed by atoms with Crippen molar-refractivity contribution < 1.29 is 19.0 Å². The summed E-state index contributed by atoms with van der Waals surface area (Å²) in [6.45, 7) is 3.89. The maximum Gasteiger partial charge on any atom is 0.363 e. The van der Waals surface area contributed by atoms with E-state index in [4.69, 9.17) is 14.2 Å². The summed E-state index contributed by atoms with van der Waals surface area (Å²) in [5.41, 5.74) is 1.75. The normalized spacial score (nSPS) is 14.9. The molecule has 0 unspecified atom stereocenters. The molecule has 0 atom stereocenters. The zero-order valence-corrected chi connectivity index (χ0v) is 18.4. The van der Waals surface area contributed by atoms with Crippen LogP contribution in [0.5, 0.6) is 11.5 Å². The second-order valence-electron chi connectivity index (χ2n) is 7.06. The van der Waals surface area contributed by atoms with E-state index in [0.717, 1.165) is 26.4 Å². The molecule has 0 N–H and O–H groups in total. The maximum atomic E-state index is 12.5. The van der Waals surface area contributed by atoms with E-state index in [9.17, 15) is 4.79 Å². The molecule has 0 saturated heterocycles. The van der Waals surface area contributed by atoms with Crippen molar-refractivity contribution in [3.63, 3.8) is 0 Å². The van der Waals surface area contributed by atoms with Crippen molar-refractivity contribution in [2.24, 2.45) is 4.99 Å². The Morgan fingerprint density at radius 2 is 1.87 bits per heavy atom. The Bertz CT molecular complexity index is 1190. The van der Waals surface area contributed by atoms with Gasteiger partial charge in [-0.25, -0.2) is 9.79 Å². The molecule has 0 amide bonds. The summed E-state index contributed by atoms with van der Waals surface area (Å²) in [6.07, 6.45) is 1.67. The minimum absolute atomic E-state index is 0.00271. The average molecular weight is 466 g/mol. The Balaban J connectivity index is 1.73. The van der Waals surface area contributed by atoms with Crippen LogP contribution in [0.1, 0.15) is 25.0 Å². The van der Waals surface area contributed by atoms with E-state index in [2.05, 4.69) is 20.9 Å². The highest BCUT2D eigenvalue weighted by atomic mass is 79.9. The molecule has 0 aromatic heterocycles. The number of benzene rings is 3. The molecule has 3 aromatic rings. The Morgan fingerprint density at radius 3 is 2.63 bits per heavy atom. The van der Waals surface area contributed by atoms with Crippen LogP contribution in [0.15, 0.2) is 69.8 Å². The molecule has 0 fully saturated rings. The first-order chi connectivity index (χ1) is 14.5. The van der Waals surface area contributed by atoms with Gasteiger partial charge in [0.2, 0.25) is 5.90 Å². The molecule has 3 aromatic carbocycles. The van der Waals surface area contributed by atoms with E-state index in [1.807, 2.05) is 62.4 Å². The number of hydrogen-bond donors (Lipinski definition) is 0. The van der Waals surface area contributed by atoms with Crippen molar-refractivity contribution in [2.45, 2.75) is 20.0 Å². The number of rotatable bonds is 5. The summed E-state index contributed by atoms with van der Waals surface area (Å²) < 4.78 is 17.5. The van der Waals surface area contributed by atoms with Crippen molar-refractivity contribution in [1.29, 1.82) is 0 Å². The lowest BCUT2D eigenvalue weighted by Crippen LogP contribution is -2.07. The lowest BCUT2D eigenvalue weighted by molar-refractivity contribution is -0.129. The number of carbonyl (C=O) groups excluding carboxylic acids is 1. The number of methoxy groups -OCH3 is 1. The Morgan fingerprint density at radius 1 is 1.10 bits per heavy atom. The number of carbonyl (C=O) groups is 1. The highest BCUT2D eigenvalue weighted by Crippen LogP contribution is 2.38. The molecule has 1 aliphatic rings. The van der Waals surface area contributed by atoms with Gasteiger partial charge in [-0.15, -0.1) is 0 Å². The predicted molar refractivity (Wildman–Crippen MR) is 121 cm³/mol. The second-order valence-corrected chi connectivity index (χ2v) is 7.92. The van der Waals surface area contributed by atoms with Crippen LogP contribution < -0.4 is 9.47 Å². The monoisotopic (exact) mass is 465 g/mol. The molecule has 0 radical (unpaired) electrons. The van der Waals surface area contributed by atoms with Gasteiger partial charge in [-0.1, -0.05) is 36.4 Å².